The van der Waals surface area contributed by atoms with E-state index < -0.39 is 28.9 Å². The SMILES string of the molecule is CCCCn1c(N)c(N(C)C(=O)/C=C/c2ccc(C(F)(F)F)cc2)c(=O)[nH]c1=O. The number of nitrogen functional groups attached to an aromatic ring is 1. The predicted octanol–water partition coefficient (Wildman–Crippen LogP) is 2.61. The maximum Gasteiger partial charge on any atom is 0.416 e. The summed E-state index contributed by atoms with van der Waals surface area (Å²) in [4.78, 5) is 39.7. The van der Waals surface area contributed by atoms with Crippen LogP contribution in [0.25, 0.3) is 6.08 Å². The smallest absolute Gasteiger partial charge is 0.383 e. The van der Waals surface area contributed by atoms with Crippen molar-refractivity contribution in [2.75, 3.05) is 17.7 Å². The number of benzene rings is 1. The van der Waals surface area contributed by atoms with E-state index in [9.17, 15) is 27.6 Å². The highest BCUT2D eigenvalue weighted by Gasteiger charge is 2.29. The van der Waals surface area contributed by atoms with Crippen molar-refractivity contribution in [3.63, 3.8) is 0 Å². The molecule has 0 aliphatic carbocycles. The molecule has 156 valence electrons. The number of hydrogen-bond acceptors (Lipinski definition) is 4. The molecule has 1 amide bonds. The molecule has 0 atom stereocenters. The second kappa shape index (κ2) is 8.80. The fourth-order valence-electron chi connectivity index (χ4n) is 2.61. The Bertz CT molecular complexity index is 1020. The molecule has 7 nitrogen and oxygen atoms in total. The molecule has 0 spiro atoms. The topological polar surface area (TPSA) is 101 Å². The van der Waals surface area contributed by atoms with Gasteiger partial charge in [0.15, 0.2) is 5.69 Å². The molecule has 0 fully saturated rings. The lowest BCUT2D eigenvalue weighted by Crippen LogP contribution is -2.38. The van der Waals surface area contributed by atoms with Gasteiger partial charge in [0.25, 0.3) is 11.5 Å². The zero-order valence-electron chi connectivity index (χ0n) is 15.9. The third-order valence-corrected chi connectivity index (χ3v) is 4.27. The van der Waals surface area contributed by atoms with Crippen LogP contribution >= 0.6 is 0 Å². The van der Waals surface area contributed by atoms with E-state index in [-0.39, 0.29) is 18.1 Å². The van der Waals surface area contributed by atoms with Crippen molar-refractivity contribution >= 4 is 23.5 Å². The average molecular weight is 410 g/mol. The van der Waals surface area contributed by atoms with Crippen molar-refractivity contribution in [2.24, 2.45) is 0 Å². The maximum absolute atomic E-state index is 12.6. The number of nitrogens with one attached hydrogen (secondary N) is 1. The molecular weight excluding hydrogens is 389 g/mol. The number of nitrogens with zero attached hydrogens (tertiary/aromatic N) is 2. The van der Waals surface area contributed by atoms with Gasteiger partial charge in [0, 0.05) is 19.7 Å². The zero-order valence-corrected chi connectivity index (χ0v) is 15.9. The molecule has 0 bridgehead atoms. The number of carbonyl (C=O) groups excluding carboxylic acids is 1. The standard InChI is InChI=1S/C19H21F3N4O3/c1-3-4-11-26-16(23)15(17(28)24-18(26)29)25(2)14(27)10-7-12-5-8-13(9-6-12)19(20,21)22/h5-10H,3-4,11,23H2,1-2H3,(H,24,28,29)/b10-7+. The van der Waals surface area contributed by atoms with Crippen molar-refractivity contribution in [1.82, 2.24) is 9.55 Å². The summed E-state index contributed by atoms with van der Waals surface area (Å²) in [6.45, 7) is 2.21. The number of amides is 1. The highest BCUT2D eigenvalue weighted by molar-refractivity contribution is 6.04. The van der Waals surface area contributed by atoms with Gasteiger partial charge in [-0.15, -0.1) is 0 Å². The third kappa shape index (κ3) is 5.15. The van der Waals surface area contributed by atoms with E-state index in [4.69, 9.17) is 5.73 Å². The van der Waals surface area contributed by atoms with E-state index >= 15 is 0 Å². The molecule has 1 heterocycles. The Hall–Kier alpha value is -3.30. The van der Waals surface area contributed by atoms with Crippen LogP contribution in [0.1, 0.15) is 30.9 Å². The number of aromatic nitrogens is 2. The van der Waals surface area contributed by atoms with E-state index in [1.807, 2.05) is 6.92 Å². The molecule has 3 N–H and O–H groups in total. The Balaban J connectivity index is 2.27. The van der Waals surface area contributed by atoms with Gasteiger partial charge in [-0.25, -0.2) is 4.79 Å². The first-order valence-corrected chi connectivity index (χ1v) is 8.82. The van der Waals surface area contributed by atoms with Crippen LogP contribution < -0.4 is 21.9 Å². The number of H-pyrrole nitrogens is 1. The van der Waals surface area contributed by atoms with Crippen LogP contribution in [-0.2, 0) is 17.5 Å². The fraction of sp³-hybridized carbons (Fsp3) is 0.316. The van der Waals surface area contributed by atoms with Gasteiger partial charge in [-0.3, -0.25) is 19.1 Å². The highest BCUT2D eigenvalue weighted by atomic mass is 19.4. The van der Waals surface area contributed by atoms with Crippen molar-refractivity contribution in [1.29, 1.82) is 0 Å². The van der Waals surface area contributed by atoms with Gasteiger partial charge in [0.1, 0.15) is 5.82 Å². The lowest BCUT2D eigenvalue weighted by molar-refractivity contribution is -0.137. The minimum atomic E-state index is -4.45. The number of anilines is 2. The van der Waals surface area contributed by atoms with Gasteiger partial charge >= 0.3 is 11.9 Å². The lowest BCUT2D eigenvalue weighted by Gasteiger charge is -2.19. The van der Waals surface area contributed by atoms with Crippen LogP contribution in [0, 0.1) is 0 Å². The summed E-state index contributed by atoms with van der Waals surface area (Å²) in [7, 11) is 1.31. The van der Waals surface area contributed by atoms with Crippen LogP contribution in [0.3, 0.4) is 0 Å². The molecule has 1 aromatic carbocycles. The Labute approximate surface area is 164 Å². The number of halogens is 3. The van der Waals surface area contributed by atoms with E-state index in [0.29, 0.717) is 12.0 Å². The van der Waals surface area contributed by atoms with Gasteiger partial charge in [0.2, 0.25) is 0 Å². The molecule has 29 heavy (non-hydrogen) atoms. The molecule has 2 aromatic rings. The molecule has 0 saturated heterocycles. The van der Waals surface area contributed by atoms with Crippen LogP contribution in [0.5, 0.6) is 0 Å². The highest BCUT2D eigenvalue weighted by Crippen LogP contribution is 2.29. The van der Waals surface area contributed by atoms with Crippen molar-refractivity contribution < 1.29 is 18.0 Å². The summed E-state index contributed by atoms with van der Waals surface area (Å²) in [5.74, 6) is -0.770. The first-order chi connectivity index (χ1) is 13.6. The summed E-state index contributed by atoms with van der Waals surface area (Å²) in [6, 6.07) is 4.25. The van der Waals surface area contributed by atoms with Gasteiger partial charge in [-0.05, 0) is 30.2 Å². The molecule has 0 unspecified atom stereocenters. The van der Waals surface area contributed by atoms with E-state index in [2.05, 4.69) is 4.98 Å². The fourth-order valence-corrected chi connectivity index (χ4v) is 2.61. The summed E-state index contributed by atoms with van der Waals surface area (Å²) < 4.78 is 39.0. The molecule has 0 saturated carbocycles. The molecule has 0 aliphatic rings. The average Bonchev–Trinajstić information content (AvgIpc) is 2.65. The van der Waals surface area contributed by atoms with Crippen molar-refractivity contribution in [2.45, 2.75) is 32.5 Å². The lowest BCUT2D eigenvalue weighted by atomic mass is 10.1. The number of carbonyl (C=O) groups is 1. The summed E-state index contributed by atoms with van der Waals surface area (Å²) in [5, 5.41) is 0. The summed E-state index contributed by atoms with van der Waals surface area (Å²) in [6.07, 6.45) is -0.580. The number of likely N-dealkylation sites (N-methyl/N-ethyl adjacent to an activating group) is 1. The molecule has 10 heteroatoms. The molecule has 1 aromatic heterocycles. The Morgan fingerprint density at radius 3 is 2.41 bits per heavy atom. The molecule has 2 rings (SSSR count). The van der Waals surface area contributed by atoms with Crippen LogP contribution in [-0.4, -0.2) is 22.5 Å². The van der Waals surface area contributed by atoms with Crippen molar-refractivity contribution in [3.05, 3.63) is 62.3 Å². The number of nitrogens with two attached hydrogens (primary N) is 1. The summed E-state index contributed by atoms with van der Waals surface area (Å²) in [5.41, 5.74) is 3.87. The minimum Gasteiger partial charge on any atom is -0.383 e. The number of hydrogen-bond donors (Lipinski definition) is 2. The number of aromatic amines is 1. The van der Waals surface area contributed by atoms with Crippen LogP contribution in [0.2, 0.25) is 0 Å². The summed E-state index contributed by atoms with van der Waals surface area (Å²) >= 11 is 0. The third-order valence-electron chi connectivity index (χ3n) is 4.27. The molecular formula is C19H21F3N4O3. The first kappa shape index (κ1) is 22.0. The predicted molar refractivity (Wildman–Crippen MR) is 105 cm³/mol. The van der Waals surface area contributed by atoms with E-state index in [0.717, 1.165) is 29.5 Å². The van der Waals surface area contributed by atoms with Gasteiger partial charge in [-0.1, -0.05) is 25.5 Å². The van der Waals surface area contributed by atoms with Crippen LogP contribution in [0.4, 0.5) is 24.7 Å². The number of alkyl halides is 3. The normalized spacial score (nSPS) is 11.8. The largest absolute Gasteiger partial charge is 0.416 e. The van der Waals surface area contributed by atoms with Crippen LogP contribution in [0.15, 0.2) is 39.9 Å². The molecule has 0 radical (unpaired) electrons. The minimum absolute atomic E-state index is 0.133. The quantitative estimate of drug-likeness (QED) is 0.715. The van der Waals surface area contributed by atoms with Gasteiger partial charge in [-0.2, -0.15) is 13.2 Å². The Morgan fingerprint density at radius 2 is 1.86 bits per heavy atom. The second-order valence-electron chi connectivity index (χ2n) is 6.35. The maximum atomic E-state index is 12.6. The number of unbranched alkanes of at least 4 members (excludes halogenated alkanes) is 1. The second-order valence-corrected chi connectivity index (χ2v) is 6.35. The monoisotopic (exact) mass is 410 g/mol. The Kier molecular flexibility index (Phi) is 6.68. The van der Waals surface area contributed by atoms with E-state index in [1.54, 1.807) is 0 Å². The van der Waals surface area contributed by atoms with Gasteiger partial charge < -0.3 is 10.6 Å². The molecule has 0 aliphatic heterocycles. The number of rotatable bonds is 6. The van der Waals surface area contributed by atoms with Crippen molar-refractivity contribution in [3.8, 4) is 0 Å². The zero-order chi connectivity index (χ0) is 21.8. The Morgan fingerprint density at radius 1 is 1.24 bits per heavy atom. The van der Waals surface area contributed by atoms with E-state index in [1.165, 1.54) is 29.8 Å². The first-order valence-electron chi connectivity index (χ1n) is 8.82. The van der Waals surface area contributed by atoms with Gasteiger partial charge in [0.05, 0.1) is 5.56 Å².